The van der Waals surface area contributed by atoms with Gasteiger partial charge in [0.1, 0.15) is 0 Å². The lowest BCUT2D eigenvalue weighted by molar-refractivity contribution is -0.145. The molecule has 6 heteroatoms. The molecule has 2 saturated heterocycles. The summed E-state index contributed by atoms with van der Waals surface area (Å²) >= 11 is 0. The molecule has 0 aliphatic carbocycles. The zero-order chi connectivity index (χ0) is 18.7. The lowest BCUT2D eigenvalue weighted by Gasteiger charge is -2.41. The third-order valence-electron chi connectivity index (χ3n) is 5.80. The number of hydrogen-bond acceptors (Lipinski definition) is 4. The van der Waals surface area contributed by atoms with Crippen LogP contribution >= 0.6 is 0 Å². The quantitative estimate of drug-likeness (QED) is 0.869. The number of carbonyl (C=O) groups excluding carboxylic acids is 1. The van der Waals surface area contributed by atoms with E-state index in [0.717, 1.165) is 11.1 Å². The Morgan fingerprint density at radius 2 is 2.00 bits per heavy atom. The predicted octanol–water partition coefficient (Wildman–Crippen LogP) is 2.13. The first-order valence-electron chi connectivity index (χ1n) is 9.17. The van der Waals surface area contributed by atoms with Gasteiger partial charge in [-0.05, 0) is 37.3 Å². The van der Waals surface area contributed by atoms with Gasteiger partial charge in [-0.1, -0.05) is 24.3 Å². The van der Waals surface area contributed by atoms with Gasteiger partial charge in [0.15, 0.2) is 0 Å². The maximum atomic E-state index is 13.8. The second-order valence-corrected chi connectivity index (χ2v) is 7.31. The van der Waals surface area contributed by atoms with Gasteiger partial charge in [-0.25, -0.2) is 0 Å². The van der Waals surface area contributed by atoms with Crippen molar-refractivity contribution in [1.82, 2.24) is 4.90 Å². The lowest BCUT2D eigenvalue weighted by atomic mass is 9.71. The van der Waals surface area contributed by atoms with E-state index in [1.165, 1.54) is 0 Å². The fourth-order valence-corrected chi connectivity index (χ4v) is 4.39. The third kappa shape index (κ3) is 3.48. The minimum Gasteiger partial charge on any atom is -0.481 e. The Morgan fingerprint density at radius 1 is 1.31 bits per heavy atom. The van der Waals surface area contributed by atoms with Crippen molar-refractivity contribution < 1.29 is 24.2 Å². The number of methoxy groups -OCH3 is 1. The van der Waals surface area contributed by atoms with Crippen molar-refractivity contribution in [2.24, 2.45) is 0 Å². The number of hydrogen-bond donors (Lipinski definition) is 1. The van der Waals surface area contributed by atoms with Crippen molar-refractivity contribution in [3.63, 3.8) is 0 Å². The Labute approximate surface area is 154 Å². The zero-order valence-electron chi connectivity index (χ0n) is 15.4. The van der Waals surface area contributed by atoms with Crippen molar-refractivity contribution in [2.75, 3.05) is 26.9 Å². The molecule has 26 heavy (non-hydrogen) atoms. The first-order valence-corrected chi connectivity index (χ1v) is 9.17. The number of aryl methyl sites for hydroxylation is 1. The fraction of sp³-hybridized carbons (Fsp3) is 0.600. The number of amides is 1. The smallest absolute Gasteiger partial charge is 0.305 e. The Hall–Kier alpha value is -1.92. The molecular weight excluding hydrogens is 334 g/mol. The van der Waals surface area contributed by atoms with Crippen LogP contribution in [-0.4, -0.2) is 60.9 Å². The molecule has 6 nitrogen and oxygen atoms in total. The fourth-order valence-electron chi connectivity index (χ4n) is 4.39. The van der Waals surface area contributed by atoms with Gasteiger partial charge in [-0.2, -0.15) is 0 Å². The highest BCUT2D eigenvalue weighted by Crippen LogP contribution is 2.40. The van der Waals surface area contributed by atoms with Gasteiger partial charge in [-0.15, -0.1) is 0 Å². The summed E-state index contributed by atoms with van der Waals surface area (Å²) in [5.74, 6) is -0.873. The number of rotatable bonds is 5. The van der Waals surface area contributed by atoms with E-state index in [0.29, 0.717) is 39.0 Å². The van der Waals surface area contributed by atoms with Gasteiger partial charge in [-0.3, -0.25) is 9.59 Å². The number of nitrogens with zero attached hydrogens (tertiary/aromatic N) is 1. The molecule has 142 valence electrons. The van der Waals surface area contributed by atoms with Crippen LogP contribution in [0.2, 0.25) is 0 Å². The van der Waals surface area contributed by atoms with E-state index in [2.05, 4.69) is 0 Å². The van der Waals surface area contributed by atoms with Crippen molar-refractivity contribution in [3.05, 3.63) is 35.4 Å². The average molecular weight is 361 g/mol. The summed E-state index contributed by atoms with van der Waals surface area (Å²) < 4.78 is 11.0. The van der Waals surface area contributed by atoms with E-state index in [1.54, 1.807) is 12.0 Å². The molecule has 1 N–H and O–H groups in total. The van der Waals surface area contributed by atoms with E-state index >= 15 is 0 Å². The van der Waals surface area contributed by atoms with E-state index in [9.17, 15) is 14.7 Å². The standard InChI is InChI=1S/C20H27NO5/c1-14-5-3-4-6-17(14)20(7-9-26-10-8-20)19(24)21-13-16(25-2)11-15(21)12-18(22)23/h3-6,15-16H,7-13H2,1-2H3,(H,22,23). The van der Waals surface area contributed by atoms with Crippen LogP contribution in [0.5, 0.6) is 0 Å². The van der Waals surface area contributed by atoms with Gasteiger partial charge in [0.2, 0.25) is 5.91 Å². The Kier molecular flexibility index (Phi) is 5.63. The van der Waals surface area contributed by atoms with Crippen molar-refractivity contribution >= 4 is 11.9 Å². The van der Waals surface area contributed by atoms with E-state index in [1.807, 2.05) is 31.2 Å². The van der Waals surface area contributed by atoms with Crippen molar-refractivity contribution in [2.45, 2.75) is 50.2 Å². The number of ether oxygens (including phenoxy) is 2. The lowest BCUT2D eigenvalue weighted by Crippen LogP contribution is -2.52. The molecule has 0 saturated carbocycles. The summed E-state index contributed by atoms with van der Waals surface area (Å²) in [6.45, 7) is 3.54. The van der Waals surface area contributed by atoms with E-state index < -0.39 is 11.4 Å². The SMILES string of the molecule is COC1CC(CC(=O)O)N(C(=O)C2(c3ccccc3C)CCOCC2)C1. The summed E-state index contributed by atoms with van der Waals surface area (Å²) in [6, 6.07) is 7.66. The zero-order valence-corrected chi connectivity index (χ0v) is 15.4. The van der Waals surface area contributed by atoms with Crippen LogP contribution < -0.4 is 0 Å². The van der Waals surface area contributed by atoms with E-state index in [4.69, 9.17) is 9.47 Å². The normalized spacial score (nSPS) is 25.2. The van der Waals surface area contributed by atoms with E-state index in [-0.39, 0.29) is 24.5 Å². The average Bonchev–Trinajstić information content (AvgIpc) is 3.04. The van der Waals surface area contributed by atoms with Crippen LogP contribution in [0.3, 0.4) is 0 Å². The number of aliphatic carboxylic acids is 1. The number of carboxylic acid groups (broad SMARTS) is 1. The summed E-state index contributed by atoms with van der Waals surface area (Å²) in [5.41, 5.74) is 1.46. The van der Waals surface area contributed by atoms with Gasteiger partial charge in [0.25, 0.3) is 0 Å². The molecular formula is C20H27NO5. The number of likely N-dealkylation sites (tertiary alicyclic amines) is 1. The third-order valence-corrected chi connectivity index (χ3v) is 5.80. The Bertz CT molecular complexity index is 668. The monoisotopic (exact) mass is 361 g/mol. The summed E-state index contributed by atoms with van der Waals surface area (Å²) in [7, 11) is 1.61. The second kappa shape index (κ2) is 7.76. The van der Waals surface area contributed by atoms with Crippen LogP contribution in [-0.2, 0) is 24.5 Å². The summed E-state index contributed by atoms with van der Waals surface area (Å²) in [5, 5.41) is 9.27. The summed E-state index contributed by atoms with van der Waals surface area (Å²) in [6.07, 6.45) is 1.63. The minimum atomic E-state index is -0.888. The molecule has 3 rings (SSSR count). The predicted molar refractivity (Wildman–Crippen MR) is 96.1 cm³/mol. The minimum absolute atomic E-state index is 0.0147. The van der Waals surface area contributed by atoms with Crippen LogP contribution in [0.1, 0.15) is 36.8 Å². The number of carbonyl (C=O) groups is 2. The Morgan fingerprint density at radius 3 is 2.62 bits per heavy atom. The molecule has 2 atom stereocenters. The molecule has 2 heterocycles. The van der Waals surface area contributed by atoms with Crippen LogP contribution in [0, 0.1) is 6.92 Å². The number of benzene rings is 1. The second-order valence-electron chi connectivity index (χ2n) is 7.31. The van der Waals surface area contributed by atoms with Crippen molar-refractivity contribution in [1.29, 1.82) is 0 Å². The van der Waals surface area contributed by atoms with Gasteiger partial charge in [0.05, 0.1) is 17.9 Å². The molecule has 1 aromatic rings. The molecule has 1 amide bonds. The molecule has 2 aliphatic rings. The highest BCUT2D eigenvalue weighted by atomic mass is 16.5. The highest BCUT2D eigenvalue weighted by molar-refractivity contribution is 5.90. The summed E-state index contributed by atoms with van der Waals surface area (Å²) in [4.78, 5) is 26.8. The molecule has 0 aromatic heterocycles. The first-order chi connectivity index (χ1) is 12.5. The molecule has 0 radical (unpaired) electrons. The molecule has 2 aliphatic heterocycles. The van der Waals surface area contributed by atoms with Crippen LogP contribution in [0.25, 0.3) is 0 Å². The molecule has 2 unspecified atom stereocenters. The van der Waals surface area contributed by atoms with Crippen LogP contribution in [0.15, 0.2) is 24.3 Å². The largest absolute Gasteiger partial charge is 0.481 e. The Balaban J connectivity index is 1.97. The van der Waals surface area contributed by atoms with Gasteiger partial charge in [0, 0.05) is 32.9 Å². The first kappa shape index (κ1) is 18.9. The highest BCUT2D eigenvalue weighted by Gasteiger charge is 2.48. The molecule has 1 aromatic carbocycles. The van der Waals surface area contributed by atoms with Crippen LogP contribution in [0.4, 0.5) is 0 Å². The molecule has 0 bridgehead atoms. The molecule has 2 fully saturated rings. The maximum Gasteiger partial charge on any atom is 0.305 e. The topological polar surface area (TPSA) is 76.1 Å². The molecule has 0 spiro atoms. The van der Waals surface area contributed by atoms with Gasteiger partial charge >= 0.3 is 5.97 Å². The van der Waals surface area contributed by atoms with Gasteiger partial charge < -0.3 is 19.5 Å². The van der Waals surface area contributed by atoms with Crippen molar-refractivity contribution in [3.8, 4) is 0 Å². The number of carboxylic acids is 1. The maximum absolute atomic E-state index is 13.8.